The van der Waals surface area contributed by atoms with Gasteiger partial charge in [0.2, 0.25) is 29.5 Å². The average molecular weight is 1760 g/mol. The minimum atomic E-state index is -0.833. The number of carbonyl (C=O) groups is 10. The molecule has 0 atom stereocenters. The topological polar surface area (TPSA) is 362 Å². The molecule has 0 unspecified atom stereocenters. The molecule has 0 aromatic carbocycles. The molecule has 12 rings (SSSR count). The van der Waals surface area contributed by atoms with Gasteiger partial charge in [-0.2, -0.15) is 19.7 Å². The third-order valence-corrected chi connectivity index (χ3v) is 17.7. The molecule has 34 nitrogen and oxygen atoms in total. The van der Waals surface area contributed by atoms with Crippen molar-refractivity contribution >= 4 is 85.7 Å². The summed E-state index contributed by atoms with van der Waals surface area (Å²) in [5.74, 6) is 0.555. The molecule has 4 radical (unpaired) electrons. The summed E-state index contributed by atoms with van der Waals surface area (Å²) >= 11 is 0. The van der Waals surface area contributed by atoms with Crippen molar-refractivity contribution in [2.75, 3.05) is 244 Å². The SMILES string of the molecule is C.C.C.C.CC(=O)N1CC(=O)C1.CC(=O)N1CC(N2CCN(C)CC2)C1.CC(=O)N1CC(N2CCN([C-]=O)CC2)C1.CC(=O)N1CC(N2CCNCC2)C1.CC(=O)O.CC(C)(C)OC(=O)N1CC(=O)C1.CCC(=O)N1CC(N2CCN([C-]=O)CC2)C1.CN1CCNCC1.CO[B]O.C[C-]=O.O=C1CNC1.[Y].[Y].[Y]. The third kappa shape index (κ3) is 48.0. The predicted molar refractivity (Wildman–Crippen MR) is 405 cm³/mol. The maximum atomic E-state index is 11.4. The monoisotopic (exact) mass is 1760 g/mol. The van der Waals surface area contributed by atoms with E-state index in [1.807, 2.05) is 39.3 Å². The Bertz CT molecular complexity index is 2530. The van der Waals surface area contributed by atoms with Crippen LogP contribution in [0.5, 0.6) is 0 Å². The van der Waals surface area contributed by atoms with Crippen molar-refractivity contribution in [1.29, 1.82) is 0 Å². The van der Waals surface area contributed by atoms with Gasteiger partial charge in [0.25, 0.3) is 5.97 Å². The number of likely N-dealkylation sites (N-methyl/N-ethyl adjacent to an activating group) is 2. The van der Waals surface area contributed by atoms with Crippen molar-refractivity contribution in [2.45, 2.75) is 135 Å². The van der Waals surface area contributed by atoms with Crippen molar-refractivity contribution in [1.82, 2.24) is 84.5 Å². The van der Waals surface area contributed by atoms with Gasteiger partial charge in [0.15, 0.2) is 17.3 Å². The standard InChI is InChI=1S/C11H18N3O2.C10H16N3O2.C10H19N3O.C9H17N3O.C8H13NO3.C5H12N2.C5H7NO2.C3H5NO.C2H4O2.C2H3O.CH4BO2.4CH4.3Y/c1-2-11(16)14-7-10(8-14)13-5-3-12(9-15)4-6-13;1-9(15)13-6-10(7-13)12-4-2-11(8-14)3-5-12;1-9(14)13-7-10(8-13)12-5-3-11(2)4-6-12;1-8(13)12-6-9(7-12)11-4-2-10-3-5-11;1-8(2,3)12-7(11)9-4-6(10)5-9;1-7-4-2-6-3-5-7;1-4(7)6-2-5(8)3-6;5-3-1-4-2-3;1-2(3)4;1-2-3;1-4-2-3;;;;;;;/h10H,2-8H2,1H3;10H,2-7H2,1H3;10H,3-8H2,1-2H3;9-10H,2-7H2,1H3;4-5H2,1-3H3;6H,2-5H2,1H3;2-3H2,1H3;4H,1-2H2;1H3,(H,3,4);1H3;3H,1H3;4*1H4;;;/q2*-1;;;;;;;;-1;;;;;;;;. The molecular weight excluding hydrogens is 1630 g/mol. The molecule has 0 spiro atoms. The summed E-state index contributed by atoms with van der Waals surface area (Å²) < 4.78 is 9.00. The van der Waals surface area contributed by atoms with Gasteiger partial charge in [-0.05, 0) is 34.9 Å². The molecule has 0 aliphatic carbocycles. The number of ether oxygens (including phenoxy) is 1. The number of Topliss-reactive ketones (excluding diaryl/α,β-unsaturated/α-hetero) is 3. The Morgan fingerprint density at radius 3 is 0.935 bits per heavy atom. The summed E-state index contributed by atoms with van der Waals surface area (Å²) in [6.07, 6.45) is 5.54. The Balaban J connectivity index is -0.000000271. The van der Waals surface area contributed by atoms with Crippen LogP contribution in [0.2, 0.25) is 0 Å². The number of hydrogen-bond donors (Lipinski definition) is 5. The van der Waals surface area contributed by atoms with Crippen LogP contribution in [-0.4, -0.2) is 438 Å². The Morgan fingerprint density at radius 1 is 0.463 bits per heavy atom. The zero-order chi connectivity index (χ0) is 75.8. The fourth-order valence-electron chi connectivity index (χ4n) is 11.0. The van der Waals surface area contributed by atoms with Gasteiger partial charge in [0.1, 0.15) is 5.60 Å². The average Bonchev–Trinajstić information content (AvgIpc) is 0.830. The Morgan fingerprint density at radius 2 is 0.722 bits per heavy atom. The van der Waals surface area contributed by atoms with E-state index in [-0.39, 0.29) is 182 Å². The van der Waals surface area contributed by atoms with Gasteiger partial charge in [-0.3, -0.25) is 73.9 Å². The number of likely N-dealkylation sites (tertiary alicyclic amines) is 6. The Kier molecular flexibility index (Phi) is 68.4. The van der Waals surface area contributed by atoms with Crippen molar-refractivity contribution in [3.63, 3.8) is 0 Å². The number of rotatable bonds is 8. The number of carbonyl (C=O) groups excluding carboxylic acids is 12. The molecule has 12 heterocycles. The van der Waals surface area contributed by atoms with Gasteiger partial charge in [0, 0.05) is 354 Å². The van der Waals surface area contributed by atoms with Crippen molar-refractivity contribution in [2.24, 2.45) is 0 Å². The van der Waals surface area contributed by atoms with E-state index in [4.69, 9.17) is 24.5 Å². The molecule has 0 aromatic heterocycles. The zero-order valence-corrected chi connectivity index (χ0v) is 72.7. The number of ketones is 3. The first-order valence-electron chi connectivity index (χ1n) is 34.8. The van der Waals surface area contributed by atoms with Crippen LogP contribution >= 0.6 is 0 Å². The number of carboxylic acid groups (broad SMARTS) is 1. The van der Waals surface area contributed by atoms with E-state index in [1.54, 1.807) is 51.3 Å². The number of nitrogens with one attached hydrogen (secondary N) is 3. The smallest absolute Gasteiger partial charge is 0.484 e. The molecule has 0 bridgehead atoms. The molecule has 38 heteroatoms. The van der Waals surface area contributed by atoms with Crippen LogP contribution in [0.25, 0.3) is 0 Å². The fraction of sp³-hybridized carbons (Fsp3) is 0.814. The largest absolute Gasteiger partial charge is 0.542 e. The number of amides is 8. The normalized spacial score (nSPS) is 19.7. The first kappa shape index (κ1) is 116. The van der Waals surface area contributed by atoms with E-state index in [0.29, 0.717) is 70.2 Å². The van der Waals surface area contributed by atoms with Gasteiger partial charge in [-0.15, -0.1) is 0 Å². The van der Waals surface area contributed by atoms with E-state index in [0.717, 1.165) is 177 Å². The summed E-state index contributed by atoms with van der Waals surface area (Å²) in [5, 5.41) is 24.4. The van der Waals surface area contributed by atoms with Gasteiger partial charge >= 0.3 is 13.8 Å². The van der Waals surface area contributed by atoms with Crippen molar-refractivity contribution < 1.29 is 180 Å². The first-order chi connectivity index (χ1) is 47.8. The Hall–Kier alpha value is -3.35. The molecule has 12 saturated heterocycles. The second kappa shape index (κ2) is 64.0. The minimum absolute atomic E-state index is 0. The maximum Gasteiger partial charge on any atom is 0.484 e. The van der Waals surface area contributed by atoms with E-state index in [1.165, 1.54) is 50.1 Å². The molecule has 5 N–H and O–H groups in total. The zero-order valence-electron chi connectivity index (χ0n) is 64.1. The van der Waals surface area contributed by atoms with Crippen molar-refractivity contribution in [3.05, 3.63) is 0 Å². The summed E-state index contributed by atoms with van der Waals surface area (Å²) in [5.41, 5.74) is -0.476. The third-order valence-electron chi connectivity index (χ3n) is 17.7. The number of nitrogens with zero attached hydrogens (tertiary/aromatic N) is 14. The summed E-state index contributed by atoms with van der Waals surface area (Å²) in [7, 11) is 6.32. The number of piperazine rings is 5. The van der Waals surface area contributed by atoms with E-state index in [2.05, 4.69) is 64.1 Å². The molecule has 8 amide bonds. The summed E-state index contributed by atoms with van der Waals surface area (Å²) in [4.78, 5) is 163. The minimum Gasteiger partial charge on any atom is -0.542 e. The molecule has 12 fully saturated rings. The quantitative estimate of drug-likeness (QED) is 0.125. The van der Waals surface area contributed by atoms with Crippen LogP contribution in [0.1, 0.15) is 105 Å². The predicted octanol–water partition coefficient (Wildman–Crippen LogP) is -2.41. The Labute approximate surface area is 722 Å². The van der Waals surface area contributed by atoms with Crippen LogP contribution < -0.4 is 16.0 Å². The molecule has 108 heavy (non-hydrogen) atoms. The number of carboxylic acids is 1. The molecule has 0 aromatic rings. The van der Waals surface area contributed by atoms with E-state index < -0.39 is 17.7 Å². The van der Waals surface area contributed by atoms with Crippen LogP contribution in [0.4, 0.5) is 4.79 Å². The van der Waals surface area contributed by atoms with Crippen LogP contribution in [-0.2, 0) is 165 Å². The molecule has 12 aliphatic heterocycles. The van der Waals surface area contributed by atoms with Crippen LogP contribution in [0.15, 0.2) is 0 Å². The van der Waals surface area contributed by atoms with Gasteiger partial charge in [0.05, 0.1) is 39.3 Å². The second-order valence-electron chi connectivity index (χ2n) is 26.9. The summed E-state index contributed by atoms with van der Waals surface area (Å²) in [6.45, 7) is 46.0. The van der Waals surface area contributed by atoms with E-state index in [9.17, 15) is 52.7 Å². The molecule has 0 saturated carbocycles. The second-order valence-corrected chi connectivity index (χ2v) is 26.9. The summed E-state index contributed by atoms with van der Waals surface area (Å²) in [6, 6.07) is 2.27. The first-order valence-corrected chi connectivity index (χ1v) is 34.8. The van der Waals surface area contributed by atoms with Crippen LogP contribution in [0.3, 0.4) is 0 Å². The van der Waals surface area contributed by atoms with Crippen LogP contribution in [0, 0.1) is 0 Å². The maximum absolute atomic E-state index is 11.4. The molecule has 616 valence electrons. The van der Waals surface area contributed by atoms with Crippen molar-refractivity contribution in [3.8, 4) is 0 Å². The number of hydrogen-bond acceptors (Lipinski definition) is 25. The fourth-order valence-corrected chi connectivity index (χ4v) is 11.0. The van der Waals surface area contributed by atoms with Gasteiger partial charge < -0.3 is 94.0 Å². The van der Waals surface area contributed by atoms with E-state index >= 15 is 0 Å². The number of aliphatic carboxylic acids is 1. The molecule has 12 aliphatic rings. The van der Waals surface area contributed by atoms with Gasteiger partial charge in [-0.25, -0.2) is 4.79 Å². The molecular formula is C70H134BN17O17Y3-3. The van der Waals surface area contributed by atoms with Gasteiger partial charge in [-0.1, -0.05) is 36.6 Å².